The largest absolute Gasteiger partial charge is 0.467 e. The van der Waals surface area contributed by atoms with Gasteiger partial charge in [-0.05, 0) is 24.1 Å². The van der Waals surface area contributed by atoms with E-state index in [1.807, 2.05) is 6.92 Å². The molecule has 0 aromatic heterocycles. The van der Waals surface area contributed by atoms with Crippen LogP contribution in [0.5, 0.6) is 0 Å². The fraction of sp³-hybridized carbons (Fsp3) is 0.500. The third-order valence-corrected chi connectivity index (χ3v) is 3.45. The minimum Gasteiger partial charge on any atom is -0.467 e. The number of alkyl halides is 3. The van der Waals surface area contributed by atoms with Crippen molar-refractivity contribution in [3.63, 3.8) is 0 Å². The van der Waals surface area contributed by atoms with Gasteiger partial charge in [-0.15, -0.1) is 0 Å². The summed E-state index contributed by atoms with van der Waals surface area (Å²) in [7, 11) is 1.18. The summed E-state index contributed by atoms with van der Waals surface area (Å²) in [6, 6.07) is 2.69. The zero-order chi connectivity index (χ0) is 18.3. The molecule has 1 aromatic carbocycles. The Hall–Kier alpha value is -2.09. The average Bonchev–Trinajstić information content (AvgIpc) is 2.56. The van der Waals surface area contributed by atoms with E-state index in [1.165, 1.54) is 7.11 Å². The van der Waals surface area contributed by atoms with Crippen LogP contribution in [-0.2, 0) is 20.5 Å². The normalized spacial score (nSPS) is 13.9. The minimum absolute atomic E-state index is 0.000364. The zero-order valence-electron chi connectivity index (χ0n) is 13.4. The van der Waals surface area contributed by atoms with E-state index >= 15 is 0 Å². The van der Waals surface area contributed by atoms with Crippen LogP contribution in [0.4, 0.5) is 13.2 Å². The van der Waals surface area contributed by atoms with Crippen molar-refractivity contribution in [1.29, 1.82) is 0 Å². The second kappa shape index (κ2) is 8.68. The highest BCUT2D eigenvalue weighted by Gasteiger charge is 2.31. The number of ether oxygens (including phenoxy) is 1. The molecule has 0 aliphatic heterocycles. The Morgan fingerprint density at radius 2 is 1.83 bits per heavy atom. The van der Waals surface area contributed by atoms with Crippen molar-refractivity contribution in [3.8, 4) is 0 Å². The summed E-state index contributed by atoms with van der Waals surface area (Å²) < 4.78 is 42.1. The van der Waals surface area contributed by atoms with Gasteiger partial charge in [-0.3, -0.25) is 4.79 Å². The van der Waals surface area contributed by atoms with E-state index in [9.17, 15) is 27.9 Å². The number of carbonyl (C=O) groups is 2. The zero-order valence-corrected chi connectivity index (χ0v) is 13.4. The van der Waals surface area contributed by atoms with Crippen LogP contribution in [0.25, 0.3) is 0 Å². The van der Waals surface area contributed by atoms with Crippen molar-refractivity contribution in [3.05, 3.63) is 35.4 Å². The second-order valence-corrected chi connectivity index (χ2v) is 5.25. The summed E-state index contributed by atoms with van der Waals surface area (Å²) in [5.41, 5.74) is -0.881. The lowest BCUT2D eigenvalue weighted by Gasteiger charge is -2.19. The molecule has 0 bridgehead atoms. The summed E-state index contributed by atoms with van der Waals surface area (Å²) in [5, 5.41) is 12.3. The molecule has 0 aliphatic rings. The van der Waals surface area contributed by atoms with Crippen LogP contribution in [0, 0.1) is 0 Å². The van der Waals surface area contributed by atoms with Gasteiger partial charge in [0.25, 0.3) is 5.91 Å². The first-order valence-electron chi connectivity index (χ1n) is 7.44. The molecule has 0 saturated heterocycles. The molecule has 2 atom stereocenters. The number of unbranched alkanes of at least 4 members (excludes halogenated alkanes) is 1. The number of nitrogens with one attached hydrogen (secondary N) is 1. The monoisotopic (exact) mass is 347 g/mol. The van der Waals surface area contributed by atoms with Gasteiger partial charge in [-0.25, -0.2) is 4.79 Å². The van der Waals surface area contributed by atoms with Crippen LogP contribution in [0.1, 0.15) is 43.4 Å². The maximum atomic E-state index is 12.5. The number of amides is 1. The Bertz CT molecular complexity index is 557. The highest BCUT2D eigenvalue weighted by atomic mass is 19.4. The molecule has 1 amide bonds. The Morgan fingerprint density at radius 1 is 1.25 bits per heavy atom. The van der Waals surface area contributed by atoms with Crippen molar-refractivity contribution in [2.24, 2.45) is 0 Å². The first-order chi connectivity index (χ1) is 11.2. The number of aliphatic hydroxyl groups is 1. The number of hydrogen-bond donors (Lipinski definition) is 2. The molecule has 0 saturated carbocycles. The molecule has 0 radical (unpaired) electrons. The first-order valence-corrected chi connectivity index (χ1v) is 7.44. The summed E-state index contributed by atoms with van der Waals surface area (Å²) >= 11 is 0. The predicted octanol–water partition coefficient (Wildman–Crippen LogP) is 2.59. The van der Waals surface area contributed by atoms with E-state index in [-0.39, 0.29) is 5.56 Å². The van der Waals surface area contributed by atoms with Gasteiger partial charge >= 0.3 is 12.1 Å². The summed E-state index contributed by atoms with van der Waals surface area (Å²) in [5.74, 6) is -1.52. The molecule has 1 rings (SSSR count). The highest BCUT2D eigenvalue weighted by Crippen LogP contribution is 2.30. The molecule has 134 valence electrons. The van der Waals surface area contributed by atoms with Crippen molar-refractivity contribution in [2.45, 2.75) is 44.5 Å². The average molecular weight is 347 g/mol. The van der Waals surface area contributed by atoms with E-state index in [0.29, 0.717) is 12.8 Å². The smallest absolute Gasteiger partial charge is 0.416 e. The Kier molecular flexibility index (Phi) is 7.21. The lowest BCUT2D eigenvalue weighted by Crippen LogP contribution is -2.43. The topological polar surface area (TPSA) is 75.6 Å². The molecule has 5 nitrogen and oxygen atoms in total. The molecule has 0 spiro atoms. The molecule has 0 aliphatic carbocycles. The van der Waals surface area contributed by atoms with E-state index in [2.05, 4.69) is 10.1 Å². The SMILES string of the molecule is CCCC[C@H](NC(=O)[C@@H](O)c1ccc(C(F)(F)F)cc1)C(=O)OC. The summed E-state index contributed by atoms with van der Waals surface area (Å²) in [4.78, 5) is 23.7. The van der Waals surface area contributed by atoms with Gasteiger partial charge in [0.05, 0.1) is 12.7 Å². The Morgan fingerprint density at radius 3 is 2.29 bits per heavy atom. The maximum absolute atomic E-state index is 12.5. The molecular formula is C16H20F3NO4. The van der Waals surface area contributed by atoms with Gasteiger partial charge in [-0.2, -0.15) is 13.2 Å². The number of carbonyl (C=O) groups excluding carboxylic acids is 2. The van der Waals surface area contributed by atoms with Crippen LogP contribution >= 0.6 is 0 Å². The van der Waals surface area contributed by atoms with Crippen molar-refractivity contribution in [2.75, 3.05) is 7.11 Å². The number of halogens is 3. The number of benzene rings is 1. The van der Waals surface area contributed by atoms with Crippen LogP contribution in [0.3, 0.4) is 0 Å². The summed E-state index contributed by atoms with van der Waals surface area (Å²) in [6.07, 6.45) is -4.38. The van der Waals surface area contributed by atoms with Crippen LogP contribution in [-0.4, -0.2) is 30.1 Å². The van der Waals surface area contributed by atoms with Gasteiger partial charge in [0.2, 0.25) is 0 Å². The molecule has 8 heteroatoms. The number of aliphatic hydroxyl groups excluding tert-OH is 1. The third kappa shape index (κ3) is 5.52. The third-order valence-electron chi connectivity index (χ3n) is 3.45. The van der Waals surface area contributed by atoms with E-state index in [1.54, 1.807) is 0 Å². The molecule has 0 fully saturated rings. The highest BCUT2D eigenvalue weighted by molar-refractivity contribution is 5.87. The standard InChI is InChI=1S/C16H20F3NO4/c1-3-4-5-12(15(23)24-2)20-14(22)13(21)10-6-8-11(9-7-10)16(17,18)19/h6-9,12-13,21H,3-5H2,1-2H3,(H,20,22)/t12-,13-/m0/s1. The fourth-order valence-corrected chi connectivity index (χ4v) is 2.06. The predicted molar refractivity (Wildman–Crippen MR) is 79.9 cm³/mol. The summed E-state index contributed by atoms with van der Waals surface area (Å²) in [6.45, 7) is 1.91. The minimum atomic E-state index is -4.50. The van der Waals surface area contributed by atoms with Crippen molar-refractivity contribution < 1.29 is 32.6 Å². The fourth-order valence-electron chi connectivity index (χ4n) is 2.06. The van der Waals surface area contributed by atoms with Gasteiger partial charge in [-0.1, -0.05) is 31.9 Å². The van der Waals surface area contributed by atoms with E-state index in [4.69, 9.17) is 0 Å². The number of esters is 1. The molecule has 0 unspecified atom stereocenters. The van der Waals surface area contributed by atoms with Gasteiger partial charge < -0.3 is 15.2 Å². The van der Waals surface area contributed by atoms with Gasteiger partial charge in [0.1, 0.15) is 6.04 Å². The number of rotatable bonds is 7. The van der Waals surface area contributed by atoms with E-state index in [0.717, 1.165) is 30.7 Å². The molecule has 1 aromatic rings. The number of methoxy groups -OCH3 is 1. The van der Waals surface area contributed by atoms with Gasteiger partial charge in [0.15, 0.2) is 6.10 Å². The maximum Gasteiger partial charge on any atom is 0.416 e. The lowest BCUT2D eigenvalue weighted by molar-refractivity contribution is -0.146. The van der Waals surface area contributed by atoms with Crippen molar-refractivity contribution >= 4 is 11.9 Å². The number of hydrogen-bond acceptors (Lipinski definition) is 4. The second-order valence-electron chi connectivity index (χ2n) is 5.25. The van der Waals surface area contributed by atoms with E-state index < -0.39 is 35.8 Å². The molecule has 2 N–H and O–H groups in total. The molecule has 24 heavy (non-hydrogen) atoms. The van der Waals surface area contributed by atoms with Gasteiger partial charge in [0, 0.05) is 0 Å². The van der Waals surface area contributed by atoms with Crippen molar-refractivity contribution in [1.82, 2.24) is 5.32 Å². The molecular weight excluding hydrogens is 327 g/mol. The van der Waals surface area contributed by atoms with Crippen LogP contribution in [0.2, 0.25) is 0 Å². The van der Waals surface area contributed by atoms with Crippen LogP contribution < -0.4 is 5.32 Å². The lowest BCUT2D eigenvalue weighted by atomic mass is 10.0. The first kappa shape index (κ1) is 20.0. The van der Waals surface area contributed by atoms with Crippen LogP contribution in [0.15, 0.2) is 24.3 Å². The molecule has 0 heterocycles. The quantitative estimate of drug-likeness (QED) is 0.744. The Balaban J connectivity index is 2.80. The Labute approximate surface area is 137 Å².